The fourth-order valence-electron chi connectivity index (χ4n) is 2.76. The number of rotatable bonds is 7. The number of nitrogens with zero attached hydrogens (tertiary/aromatic N) is 1. The summed E-state index contributed by atoms with van der Waals surface area (Å²) in [6, 6.07) is 11.0. The lowest BCUT2D eigenvalue weighted by Crippen LogP contribution is -2.32. The molecule has 1 aliphatic heterocycles. The van der Waals surface area contributed by atoms with Crippen LogP contribution in [-0.4, -0.2) is 24.4 Å². The van der Waals surface area contributed by atoms with E-state index < -0.39 is 17.8 Å². The molecule has 30 heavy (non-hydrogen) atoms. The third-order valence-corrected chi connectivity index (χ3v) is 5.46. The zero-order valence-corrected chi connectivity index (χ0v) is 18.1. The highest BCUT2D eigenvalue weighted by Crippen LogP contribution is 2.37. The molecular formula is C21H17Cl3N2O4. The maximum atomic E-state index is 12.9. The predicted octanol–water partition coefficient (Wildman–Crippen LogP) is 5.39. The van der Waals surface area contributed by atoms with Crippen molar-refractivity contribution in [3.05, 3.63) is 68.8 Å². The number of ether oxygens (including phenoxy) is 1. The smallest absolute Gasteiger partial charge is 0.338 e. The molecule has 0 spiro atoms. The van der Waals surface area contributed by atoms with Crippen LogP contribution in [0.3, 0.4) is 0 Å². The van der Waals surface area contributed by atoms with Crippen molar-refractivity contribution in [2.24, 2.45) is 0 Å². The lowest BCUT2D eigenvalue weighted by atomic mass is 10.2. The Balaban J connectivity index is 1.83. The van der Waals surface area contributed by atoms with Gasteiger partial charge in [-0.05, 0) is 36.8 Å². The normalized spacial score (nSPS) is 13.8. The topological polar surface area (TPSA) is 75.7 Å². The number of carbonyl (C=O) groups is 3. The summed E-state index contributed by atoms with van der Waals surface area (Å²) >= 11 is 18.3. The molecule has 0 radical (unpaired) electrons. The second-order valence-electron chi connectivity index (χ2n) is 6.40. The Hall–Kier alpha value is -2.54. The van der Waals surface area contributed by atoms with Crippen molar-refractivity contribution in [1.82, 2.24) is 0 Å². The third-order valence-electron chi connectivity index (χ3n) is 4.30. The van der Waals surface area contributed by atoms with Gasteiger partial charge in [0.1, 0.15) is 10.7 Å². The summed E-state index contributed by atoms with van der Waals surface area (Å²) in [7, 11) is 0. The first kappa shape index (κ1) is 22.2. The van der Waals surface area contributed by atoms with E-state index in [1.807, 2.05) is 6.92 Å². The molecule has 0 aromatic heterocycles. The van der Waals surface area contributed by atoms with E-state index in [1.54, 1.807) is 24.3 Å². The molecule has 2 amide bonds. The average molecular weight is 468 g/mol. The molecule has 1 N–H and O–H groups in total. The van der Waals surface area contributed by atoms with Gasteiger partial charge in [-0.3, -0.25) is 9.59 Å². The van der Waals surface area contributed by atoms with E-state index in [0.29, 0.717) is 17.9 Å². The van der Waals surface area contributed by atoms with E-state index in [2.05, 4.69) is 5.32 Å². The van der Waals surface area contributed by atoms with E-state index >= 15 is 0 Å². The lowest BCUT2D eigenvalue weighted by molar-refractivity contribution is -0.120. The van der Waals surface area contributed by atoms with Crippen LogP contribution in [0, 0.1) is 0 Å². The minimum absolute atomic E-state index is 0.0587. The lowest BCUT2D eigenvalue weighted by Gasteiger charge is -2.17. The van der Waals surface area contributed by atoms with Crippen molar-refractivity contribution in [2.45, 2.75) is 19.8 Å². The Labute approximate surface area is 188 Å². The fraction of sp³-hybridized carbons (Fsp3) is 0.190. The summed E-state index contributed by atoms with van der Waals surface area (Å²) in [6.07, 6.45) is 1.68. The van der Waals surface area contributed by atoms with Gasteiger partial charge in [-0.1, -0.05) is 60.3 Å². The number of nitrogens with one attached hydrogen (secondary N) is 1. The van der Waals surface area contributed by atoms with Crippen LogP contribution >= 0.6 is 34.8 Å². The first-order valence-corrected chi connectivity index (χ1v) is 10.2. The highest BCUT2D eigenvalue weighted by molar-refractivity contribution is 6.54. The van der Waals surface area contributed by atoms with Crippen molar-refractivity contribution < 1.29 is 19.1 Å². The van der Waals surface area contributed by atoms with Crippen LogP contribution in [0.5, 0.6) is 0 Å². The van der Waals surface area contributed by atoms with Crippen LogP contribution in [0.25, 0.3) is 0 Å². The molecule has 2 aromatic rings. The summed E-state index contributed by atoms with van der Waals surface area (Å²) in [6.45, 7) is 2.32. The number of hydrogen-bond donors (Lipinski definition) is 1. The molecule has 1 aliphatic rings. The fourth-order valence-corrected chi connectivity index (χ4v) is 3.35. The molecule has 0 bridgehead atoms. The van der Waals surface area contributed by atoms with Gasteiger partial charge in [0.2, 0.25) is 0 Å². The summed E-state index contributed by atoms with van der Waals surface area (Å²) in [5, 5.41) is 2.77. The van der Waals surface area contributed by atoms with Crippen LogP contribution in [0.2, 0.25) is 10.0 Å². The highest BCUT2D eigenvalue weighted by atomic mass is 35.5. The first-order chi connectivity index (χ1) is 14.3. The average Bonchev–Trinajstić information content (AvgIpc) is 2.94. The zero-order chi connectivity index (χ0) is 21.8. The van der Waals surface area contributed by atoms with Crippen molar-refractivity contribution >= 4 is 64.0 Å². The second-order valence-corrected chi connectivity index (χ2v) is 7.57. The Morgan fingerprint density at radius 2 is 1.80 bits per heavy atom. The molecule has 6 nitrogen and oxygen atoms in total. The number of esters is 1. The summed E-state index contributed by atoms with van der Waals surface area (Å²) < 4.78 is 5.19. The second kappa shape index (κ2) is 9.51. The van der Waals surface area contributed by atoms with Gasteiger partial charge in [0.15, 0.2) is 0 Å². The van der Waals surface area contributed by atoms with E-state index in [4.69, 9.17) is 39.5 Å². The van der Waals surface area contributed by atoms with Crippen molar-refractivity contribution in [1.29, 1.82) is 0 Å². The zero-order valence-electron chi connectivity index (χ0n) is 15.9. The van der Waals surface area contributed by atoms with Crippen LogP contribution < -0.4 is 10.2 Å². The van der Waals surface area contributed by atoms with Gasteiger partial charge >= 0.3 is 5.97 Å². The molecule has 9 heteroatoms. The molecular weight excluding hydrogens is 451 g/mol. The Bertz CT molecular complexity index is 1050. The van der Waals surface area contributed by atoms with Crippen LogP contribution in [0.15, 0.2) is 53.2 Å². The number of hydrogen-bond acceptors (Lipinski definition) is 5. The molecule has 0 aliphatic carbocycles. The quantitative estimate of drug-likeness (QED) is 0.336. The third kappa shape index (κ3) is 4.46. The Kier molecular flexibility index (Phi) is 7.02. The summed E-state index contributed by atoms with van der Waals surface area (Å²) in [5.41, 5.74) is 0.698. The molecule has 0 fully saturated rings. The van der Waals surface area contributed by atoms with Crippen molar-refractivity contribution in [3.8, 4) is 0 Å². The van der Waals surface area contributed by atoms with Gasteiger partial charge in [0, 0.05) is 5.69 Å². The van der Waals surface area contributed by atoms with Gasteiger partial charge in [0.05, 0.1) is 27.9 Å². The molecule has 0 saturated heterocycles. The standard InChI is InChI=1S/C21H17Cl3N2O4/c1-2-3-10-30-21(29)12-6-4-7-13(11-12)25-18-17(24)19(27)26(20(18)28)15-9-5-8-14(22)16(15)23/h4-9,11,25H,2-3,10H2,1H3. The number of benzene rings is 2. The highest BCUT2D eigenvalue weighted by Gasteiger charge is 2.40. The number of carbonyl (C=O) groups excluding carboxylic acids is 3. The number of amides is 2. The number of unbranched alkanes of at least 4 members (excludes halogenated alkanes) is 1. The van der Waals surface area contributed by atoms with Gasteiger partial charge < -0.3 is 10.1 Å². The van der Waals surface area contributed by atoms with E-state index in [0.717, 1.165) is 17.7 Å². The molecule has 0 saturated carbocycles. The summed E-state index contributed by atoms with van der Waals surface area (Å²) in [5.74, 6) is -1.90. The van der Waals surface area contributed by atoms with Gasteiger partial charge in [-0.25, -0.2) is 9.69 Å². The maximum absolute atomic E-state index is 12.9. The molecule has 2 aromatic carbocycles. The number of anilines is 2. The number of imide groups is 1. The largest absolute Gasteiger partial charge is 0.462 e. The SMILES string of the molecule is CCCCOC(=O)c1cccc(NC2=C(Cl)C(=O)N(c3cccc(Cl)c3Cl)C2=O)c1. The van der Waals surface area contributed by atoms with E-state index in [9.17, 15) is 14.4 Å². The Morgan fingerprint density at radius 3 is 2.53 bits per heavy atom. The monoisotopic (exact) mass is 466 g/mol. The van der Waals surface area contributed by atoms with E-state index in [1.165, 1.54) is 18.2 Å². The predicted molar refractivity (Wildman–Crippen MR) is 117 cm³/mol. The summed E-state index contributed by atoms with van der Waals surface area (Å²) in [4.78, 5) is 38.5. The number of halogens is 3. The maximum Gasteiger partial charge on any atom is 0.338 e. The van der Waals surface area contributed by atoms with Crippen LogP contribution in [0.1, 0.15) is 30.1 Å². The molecule has 0 atom stereocenters. The van der Waals surface area contributed by atoms with Gasteiger partial charge in [-0.2, -0.15) is 0 Å². The van der Waals surface area contributed by atoms with E-state index in [-0.39, 0.29) is 26.5 Å². The Morgan fingerprint density at radius 1 is 1.07 bits per heavy atom. The van der Waals surface area contributed by atoms with Gasteiger partial charge in [0.25, 0.3) is 11.8 Å². The molecule has 0 unspecified atom stereocenters. The van der Waals surface area contributed by atoms with Crippen LogP contribution in [-0.2, 0) is 14.3 Å². The van der Waals surface area contributed by atoms with Gasteiger partial charge in [-0.15, -0.1) is 0 Å². The molecule has 1 heterocycles. The molecule has 156 valence electrons. The van der Waals surface area contributed by atoms with Crippen molar-refractivity contribution in [3.63, 3.8) is 0 Å². The minimum Gasteiger partial charge on any atom is -0.462 e. The van der Waals surface area contributed by atoms with Crippen molar-refractivity contribution in [2.75, 3.05) is 16.8 Å². The van der Waals surface area contributed by atoms with Crippen LogP contribution in [0.4, 0.5) is 11.4 Å². The first-order valence-electron chi connectivity index (χ1n) is 9.12. The minimum atomic E-state index is -0.733. The molecule has 3 rings (SSSR count).